The zero-order valence-corrected chi connectivity index (χ0v) is 15.3. The molecule has 134 valence electrons. The van der Waals surface area contributed by atoms with Crippen LogP contribution in [0.15, 0.2) is 49.8 Å². The molecule has 2 heterocycles. The van der Waals surface area contributed by atoms with Gasteiger partial charge in [-0.1, -0.05) is 6.07 Å². The van der Waals surface area contributed by atoms with Gasteiger partial charge in [-0.15, -0.1) is 11.3 Å². The highest BCUT2D eigenvalue weighted by molar-refractivity contribution is 9.10. The van der Waals surface area contributed by atoms with Gasteiger partial charge >= 0.3 is 0 Å². The van der Waals surface area contributed by atoms with E-state index in [9.17, 15) is 14.4 Å². The van der Waals surface area contributed by atoms with Crippen LogP contribution in [0.4, 0.5) is 15.9 Å². The fourth-order valence-corrected chi connectivity index (χ4v) is 3.06. The van der Waals surface area contributed by atoms with Gasteiger partial charge in [0, 0.05) is 4.88 Å². The van der Waals surface area contributed by atoms with E-state index in [-0.39, 0.29) is 34.1 Å². The molecular formula is C15H11BrFN5O3S. The number of hydrogen-bond donors (Lipinski definition) is 3. The number of amides is 1. The highest BCUT2D eigenvalue weighted by Crippen LogP contribution is 2.23. The maximum absolute atomic E-state index is 13.3. The summed E-state index contributed by atoms with van der Waals surface area (Å²) in [5, 5.41) is 21.0. The summed E-state index contributed by atoms with van der Waals surface area (Å²) in [6.07, 6.45) is 0.161. The molecule has 8 nitrogen and oxygen atoms in total. The van der Waals surface area contributed by atoms with E-state index in [4.69, 9.17) is 0 Å². The topological polar surface area (TPSA) is 113 Å². The number of halogens is 2. The monoisotopic (exact) mass is 439 g/mol. The Morgan fingerprint density at radius 3 is 2.92 bits per heavy atom. The molecule has 0 aliphatic carbocycles. The summed E-state index contributed by atoms with van der Waals surface area (Å²) in [7, 11) is 0. The maximum atomic E-state index is 13.3. The zero-order valence-electron chi connectivity index (χ0n) is 12.9. The third kappa shape index (κ3) is 4.31. The Labute approximate surface area is 158 Å². The Hall–Kier alpha value is -2.63. The van der Waals surface area contributed by atoms with Crippen LogP contribution in [0, 0.1) is 5.82 Å². The van der Waals surface area contributed by atoms with Crippen molar-refractivity contribution in [3.63, 3.8) is 0 Å². The summed E-state index contributed by atoms with van der Waals surface area (Å²) in [6.45, 7) is 0. The Balaban J connectivity index is 1.81. The van der Waals surface area contributed by atoms with Crippen molar-refractivity contribution < 1.29 is 19.0 Å². The third-order valence-electron chi connectivity index (χ3n) is 3.14. The number of thiophene rings is 1. The number of carbonyl (C=O) groups is 1. The van der Waals surface area contributed by atoms with Gasteiger partial charge in [0.1, 0.15) is 5.82 Å². The number of carbonyl (C=O) groups excluding carboxylic acids is 1. The standard InChI is InChI=1S/C15H11BrFN5O3S/c16-10-6-8(3-4-11(10)17)18-14(20-24)13-15(22-25-21-13)19-12(23)7-9-2-1-5-26-9/h1-6,24H,7H2,(H,18,20)(H,19,22,23). The van der Waals surface area contributed by atoms with Crippen LogP contribution >= 0.6 is 27.3 Å². The summed E-state index contributed by atoms with van der Waals surface area (Å²) in [5.74, 6) is -0.914. The fourth-order valence-electron chi connectivity index (χ4n) is 1.99. The minimum absolute atomic E-state index is 0.00645. The van der Waals surface area contributed by atoms with E-state index in [1.165, 1.54) is 29.5 Å². The van der Waals surface area contributed by atoms with Gasteiger partial charge in [0.25, 0.3) is 0 Å². The molecule has 3 N–H and O–H groups in total. The second-order valence-electron chi connectivity index (χ2n) is 4.94. The molecule has 0 fully saturated rings. The molecular weight excluding hydrogens is 429 g/mol. The van der Waals surface area contributed by atoms with Crippen LogP contribution in [0.2, 0.25) is 0 Å². The van der Waals surface area contributed by atoms with Crippen LogP contribution in [-0.2, 0) is 11.2 Å². The molecule has 0 saturated heterocycles. The lowest BCUT2D eigenvalue weighted by Crippen LogP contribution is -2.23. The molecule has 0 atom stereocenters. The lowest BCUT2D eigenvalue weighted by atomic mass is 10.3. The second kappa shape index (κ2) is 8.17. The number of nitrogens with one attached hydrogen (secondary N) is 2. The summed E-state index contributed by atoms with van der Waals surface area (Å²) in [5.41, 5.74) is 2.20. The van der Waals surface area contributed by atoms with Crippen LogP contribution < -0.4 is 10.8 Å². The maximum Gasteiger partial charge on any atom is 0.230 e. The van der Waals surface area contributed by atoms with Crippen molar-refractivity contribution in [2.75, 3.05) is 5.32 Å². The molecule has 2 aromatic heterocycles. The number of aliphatic imine (C=N–C) groups is 1. The van der Waals surface area contributed by atoms with Gasteiger partial charge in [-0.05, 0) is 55.9 Å². The van der Waals surface area contributed by atoms with E-state index in [1.54, 1.807) is 0 Å². The molecule has 0 unspecified atom stereocenters. The van der Waals surface area contributed by atoms with E-state index in [2.05, 4.69) is 41.2 Å². The second-order valence-corrected chi connectivity index (χ2v) is 6.82. The average molecular weight is 440 g/mol. The molecule has 11 heteroatoms. The van der Waals surface area contributed by atoms with Crippen LogP contribution in [0.3, 0.4) is 0 Å². The minimum atomic E-state index is -0.452. The molecule has 3 aromatic rings. The van der Waals surface area contributed by atoms with E-state index in [0.29, 0.717) is 5.69 Å². The molecule has 0 aliphatic rings. The number of hydrogen-bond acceptors (Lipinski definition) is 7. The summed E-state index contributed by atoms with van der Waals surface area (Å²) < 4.78 is 18.1. The van der Waals surface area contributed by atoms with E-state index in [0.717, 1.165) is 4.88 Å². The van der Waals surface area contributed by atoms with Gasteiger partial charge in [0.2, 0.25) is 11.7 Å². The number of benzene rings is 1. The smallest absolute Gasteiger partial charge is 0.230 e. The predicted molar refractivity (Wildman–Crippen MR) is 96.2 cm³/mol. The number of amidine groups is 1. The van der Waals surface area contributed by atoms with Crippen LogP contribution in [-0.4, -0.2) is 27.3 Å². The van der Waals surface area contributed by atoms with Gasteiger partial charge in [-0.25, -0.2) is 14.0 Å². The Morgan fingerprint density at radius 1 is 1.38 bits per heavy atom. The van der Waals surface area contributed by atoms with Gasteiger partial charge < -0.3 is 5.32 Å². The van der Waals surface area contributed by atoms with Gasteiger partial charge in [-0.3, -0.25) is 15.5 Å². The van der Waals surface area contributed by atoms with Crippen molar-refractivity contribution in [1.29, 1.82) is 0 Å². The summed E-state index contributed by atoms with van der Waals surface area (Å²) in [6, 6.07) is 7.70. The van der Waals surface area contributed by atoms with Crippen molar-refractivity contribution in [2.45, 2.75) is 6.42 Å². The molecule has 1 amide bonds. The molecule has 3 rings (SSSR count). The highest BCUT2D eigenvalue weighted by atomic mass is 79.9. The number of nitrogens with zero attached hydrogens (tertiary/aromatic N) is 3. The SMILES string of the molecule is O=C(Cc1cccs1)Nc1nonc1C(=Nc1ccc(F)c(Br)c1)NO. The van der Waals surface area contributed by atoms with Crippen molar-refractivity contribution in [1.82, 2.24) is 15.8 Å². The summed E-state index contributed by atoms with van der Waals surface area (Å²) in [4.78, 5) is 17.1. The molecule has 0 spiro atoms. The molecule has 26 heavy (non-hydrogen) atoms. The van der Waals surface area contributed by atoms with Crippen LogP contribution in [0.25, 0.3) is 0 Å². The molecule has 0 aliphatic heterocycles. The third-order valence-corrected chi connectivity index (χ3v) is 4.62. The minimum Gasteiger partial charge on any atom is -0.306 e. The zero-order chi connectivity index (χ0) is 18.5. The predicted octanol–water partition coefficient (Wildman–Crippen LogP) is 3.27. The van der Waals surface area contributed by atoms with Crippen LogP contribution in [0.1, 0.15) is 10.6 Å². The molecule has 1 aromatic carbocycles. The average Bonchev–Trinajstić information content (AvgIpc) is 3.28. The fraction of sp³-hybridized carbons (Fsp3) is 0.0667. The van der Waals surface area contributed by atoms with E-state index >= 15 is 0 Å². The van der Waals surface area contributed by atoms with Crippen molar-refractivity contribution in [3.05, 3.63) is 56.6 Å². The van der Waals surface area contributed by atoms with Gasteiger partial charge in [0.05, 0.1) is 16.6 Å². The quantitative estimate of drug-likeness (QED) is 0.319. The van der Waals surface area contributed by atoms with Gasteiger partial charge in [-0.2, -0.15) is 0 Å². The summed E-state index contributed by atoms with van der Waals surface area (Å²) >= 11 is 4.50. The first-order valence-corrected chi connectivity index (χ1v) is 8.83. The Bertz CT molecular complexity index is 945. The molecule has 0 radical (unpaired) electrons. The van der Waals surface area contributed by atoms with E-state index in [1.807, 2.05) is 23.0 Å². The molecule has 0 saturated carbocycles. The number of hydroxylamine groups is 1. The van der Waals surface area contributed by atoms with Crippen molar-refractivity contribution in [3.8, 4) is 0 Å². The first kappa shape index (κ1) is 18.2. The normalized spacial score (nSPS) is 11.4. The van der Waals surface area contributed by atoms with Crippen molar-refractivity contribution in [2.24, 2.45) is 4.99 Å². The van der Waals surface area contributed by atoms with E-state index < -0.39 is 5.82 Å². The lowest BCUT2D eigenvalue weighted by Gasteiger charge is -2.05. The molecule has 0 bridgehead atoms. The van der Waals surface area contributed by atoms with Crippen LogP contribution in [0.5, 0.6) is 0 Å². The van der Waals surface area contributed by atoms with Gasteiger partial charge in [0.15, 0.2) is 11.5 Å². The highest BCUT2D eigenvalue weighted by Gasteiger charge is 2.19. The lowest BCUT2D eigenvalue weighted by molar-refractivity contribution is -0.115. The number of anilines is 1. The number of aromatic nitrogens is 2. The Morgan fingerprint density at radius 2 is 2.23 bits per heavy atom. The largest absolute Gasteiger partial charge is 0.306 e. The number of rotatable bonds is 5. The Kier molecular flexibility index (Phi) is 5.71. The first-order valence-electron chi connectivity index (χ1n) is 7.16. The van der Waals surface area contributed by atoms with Crippen molar-refractivity contribution >= 4 is 50.5 Å². The first-order chi connectivity index (χ1) is 12.6.